The van der Waals surface area contributed by atoms with Crippen LogP contribution in [0.15, 0.2) is 61.2 Å². The highest BCUT2D eigenvalue weighted by Crippen LogP contribution is 2.25. The Morgan fingerprint density at radius 2 is 1.58 bits per heavy atom. The Balaban J connectivity index is 1.81. The predicted molar refractivity (Wildman–Crippen MR) is 139 cm³/mol. The second-order valence-electron chi connectivity index (χ2n) is 8.18. The number of ether oxygens (including phenoxy) is 2. The van der Waals surface area contributed by atoms with Crippen molar-refractivity contribution in [2.24, 2.45) is 0 Å². The van der Waals surface area contributed by atoms with E-state index < -0.39 is 23.8 Å². The molecule has 0 unspecified atom stereocenters. The summed E-state index contributed by atoms with van der Waals surface area (Å²) in [5.41, 5.74) is 1.68. The third-order valence-electron chi connectivity index (χ3n) is 5.37. The van der Waals surface area contributed by atoms with Crippen molar-refractivity contribution in [1.82, 2.24) is 20.6 Å². The molecule has 3 amide bonds. The molecule has 3 aromatic rings. The number of rotatable bonds is 10. The smallest absolute Gasteiger partial charge is 0.315 e. The van der Waals surface area contributed by atoms with E-state index in [0.29, 0.717) is 15.7 Å². The van der Waals surface area contributed by atoms with Crippen LogP contribution in [0.25, 0.3) is 11.1 Å². The average Bonchev–Trinajstić information content (AvgIpc) is 2.85. The Kier molecular flexibility index (Phi) is 9.60. The second-order valence-corrected chi connectivity index (χ2v) is 9.05. The Labute approximate surface area is 219 Å². The molecule has 1 atom stereocenters. The molecule has 1 heterocycles. The molecule has 0 fully saturated rings. The van der Waals surface area contributed by atoms with Crippen molar-refractivity contribution in [1.29, 1.82) is 0 Å². The van der Waals surface area contributed by atoms with E-state index in [1.807, 2.05) is 24.3 Å². The molecule has 36 heavy (non-hydrogen) atoms. The number of halogens is 2. The lowest BCUT2D eigenvalue weighted by Crippen LogP contribution is -2.59. The fourth-order valence-corrected chi connectivity index (χ4v) is 4.01. The lowest BCUT2D eigenvalue weighted by atomic mass is 9.90. The molecule has 2 aromatic carbocycles. The van der Waals surface area contributed by atoms with E-state index in [4.69, 9.17) is 32.7 Å². The Hall–Kier alpha value is -3.24. The molecule has 0 bridgehead atoms. The SMILES string of the molecule is COC(CNC(=O)N[C@](C)(Cc1ccc(-c2cncnc2)cc1)C(=O)Nc1cc(Cl)cc(Cl)c1)OC. The topological polar surface area (TPSA) is 114 Å². The largest absolute Gasteiger partial charge is 0.354 e. The van der Waals surface area contributed by atoms with Crippen LogP contribution in [0.1, 0.15) is 12.5 Å². The molecule has 0 radical (unpaired) electrons. The van der Waals surface area contributed by atoms with Crippen LogP contribution in [0, 0.1) is 0 Å². The van der Waals surface area contributed by atoms with Crippen LogP contribution in [0.5, 0.6) is 0 Å². The fraction of sp³-hybridized carbons (Fsp3) is 0.280. The monoisotopic (exact) mass is 531 g/mol. The third-order valence-corrected chi connectivity index (χ3v) is 5.81. The second kappa shape index (κ2) is 12.6. The first kappa shape index (κ1) is 27.3. The summed E-state index contributed by atoms with van der Waals surface area (Å²) in [4.78, 5) is 34.2. The van der Waals surface area contributed by atoms with Crippen molar-refractivity contribution in [2.45, 2.75) is 25.2 Å². The summed E-state index contributed by atoms with van der Waals surface area (Å²) in [5.74, 6) is -0.452. The lowest BCUT2D eigenvalue weighted by molar-refractivity contribution is -0.121. The molecular weight excluding hydrogens is 505 g/mol. The number of hydrogen-bond acceptors (Lipinski definition) is 6. The Morgan fingerprint density at radius 1 is 0.972 bits per heavy atom. The van der Waals surface area contributed by atoms with Gasteiger partial charge in [0.25, 0.3) is 0 Å². The van der Waals surface area contributed by atoms with E-state index in [1.54, 1.807) is 37.5 Å². The van der Waals surface area contributed by atoms with Gasteiger partial charge in [0, 0.05) is 54.3 Å². The number of anilines is 1. The quantitative estimate of drug-likeness (QED) is 0.336. The van der Waals surface area contributed by atoms with Crippen molar-refractivity contribution in [2.75, 3.05) is 26.1 Å². The summed E-state index contributed by atoms with van der Waals surface area (Å²) < 4.78 is 10.2. The summed E-state index contributed by atoms with van der Waals surface area (Å²) in [6.45, 7) is 1.73. The van der Waals surface area contributed by atoms with E-state index in [2.05, 4.69) is 25.9 Å². The molecule has 11 heteroatoms. The van der Waals surface area contributed by atoms with Crippen LogP contribution < -0.4 is 16.0 Å². The molecule has 0 aliphatic heterocycles. The Morgan fingerprint density at radius 3 is 2.17 bits per heavy atom. The highest BCUT2D eigenvalue weighted by Gasteiger charge is 2.35. The van der Waals surface area contributed by atoms with Gasteiger partial charge >= 0.3 is 6.03 Å². The van der Waals surface area contributed by atoms with E-state index in [1.165, 1.54) is 20.5 Å². The van der Waals surface area contributed by atoms with E-state index in [9.17, 15) is 9.59 Å². The minimum absolute atomic E-state index is 0.0915. The van der Waals surface area contributed by atoms with Gasteiger partial charge in [0.1, 0.15) is 11.9 Å². The molecule has 0 spiro atoms. The number of hydrogen-bond donors (Lipinski definition) is 3. The zero-order valence-corrected chi connectivity index (χ0v) is 21.6. The predicted octanol–water partition coefficient (Wildman–Crippen LogP) is 4.31. The van der Waals surface area contributed by atoms with Crippen molar-refractivity contribution in [3.8, 4) is 11.1 Å². The van der Waals surface area contributed by atoms with Gasteiger partial charge in [-0.2, -0.15) is 0 Å². The van der Waals surface area contributed by atoms with Crippen LogP contribution in [-0.2, 0) is 20.7 Å². The van der Waals surface area contributed by atoms with Gasteiger partial charge in [0.15, 0.2) is 6.29 Å². The van der Waals surface area contributed by atoms with Gasteiger partial charge < -0.3 is 25.4 Å². The highest BCUT2D eigenvalue weighted by molar-refractivity contribution is 6.35. The van der Waals surface area contributed by atoms with Crippen LogP contribution in [0.3, 0.4) is 0 Å². The number of aromatic nitrogens is 2. The molecule has 0 aliphatic rings. The number of carbonyl (C=O) groups excluding carboxylic acids is 2. The van der Waals surface area contributed by atoms with Crippen molar-refractivity contribution in [3.63, 3.8) is 0 Å². The maximum Gasteiger partial charge on any atom is 0.315 e. The average molecular weight is 532 g/mol. The number of urea groups is 1. The number of amides is 3. The maximum atomic E-state index is 13.4. The molecule has 0 saturated carbocycles. The molecular formula is C25H27Cl2N5O4. The van der Waals surface area contributed by atoms with Gasteiger partial charge in [-0.3, -0.25) is 4.79 Å². The zero-order chi connectivity index (χ0) is 26.1. The van der Waals surface area contributed by atoms with Gasteiger partial charge in [-0.1, -0.05) is 47.5 Å². The highest BCUT2D eigenvalue weighted by atomic mass is 35.5. The normalized spacial score (nSPS) is 12.6. The molecule has 3 N–H and O–H groups in total. The van der Waals surface area contributed by atoms with Crippen LogP contribution in [-0.4, -0.2) is 54.5 Å². The zero-order valence-electron chi connectivity index (χ0n) is 20.0. The van der Waals surface area contributed by atoms with Crippen LogP contribution in [0.2, 0.25) is 10.0 Å². The molecule has 9 nitrogen and oxygen atoms in total. The van der Waals surface area contributed by atoms with Gasteiger partial charge in [-0.05, 0) is 36.2 Å². The molecule has 0 saturated heterocycles. The standard InChI is InChI=1S/C25H27Cl2N5O4/c1-25(32-24(34)30-14-22(35-2)36-3,23(33)31-21-9-19(26)8-20(27)10-21)11-16-4-6-17(7-5-16)18-12-28-15-29-13-18/h4-10,12-13,15,22H,11,14H2,1-3H3,(H,31,33)(H2,30,32,34)/t25-/m1/s1. The molecule has 190 valence electrons. The molecule has 1 aromatic heterocycles. The fourth-order valence-electron chi connectivity index (χ4n) is 3.48. The summed E-state index contributed by atoms with van der Waals surface area (Å²) in [5, 5.41) is 8.98. The van der Waals surface area contributed by atoms with Gasteiger partial charge in [-0.25, -0.2) is 14.8 Å². The summed E-state index contributed by atoms with van der Waals surface area (Å²) in [6.07, 6.45) is 4.47. The summed E-state index contributed by atoms with van der Waals surface area (Å²) in [6, 6.07) is 11.7. The number of benzene rings is 2. The lowest BCUT2D eigenvalue weighted by Gasteiger charge is -2.30. The number of carbonyl (C=O) groups is 2. The molecule has 3 rings (SSSR count). The van der Waals surface area contributed by atoms with E-state index in [0.717, 1.165) is 16.7 Å². The maximum absolute atomic E-state index is 13.4. The Bertz CT molecular complexity index is 1160. The first-order chi connectivity index (χ1) is 17.2. The van der Waals surface area contributed by atoms with E-state index >= 15 is 0 Å². The van der Waals surface area contributed by atoms with Crippen LogP contribution >= 0.6 is 23.2 Å². The first-order valence-electron chi connectivity index (χ1n) is 11.0. The summed E-state index contributed by atoms with van der Waals surface area (Å²) >= 11 is 12.2. The summed E-state index contributed by atoms with van der Waals surface area (Å²) in [7, 11) is 2.93. The third kappa shape index (κ3) is 7.63. The minimum Gasteiger partial charge on any atom is -0.354 e. The minimum atomic E-state index is -1.34. The van der Waals surface area contributed by atoms with Crippen LogP contribution in [0.4, 0.5) is 10.5 Å². The van der Waals surface area contributed by atoms with E-state index in [-0.39, 0.29) is 13.0 Å². The van der Waals surface area contributed by atoms with Gasteiger partial charge in [0.2, 0.25) is 5.91 Å². The number of nitrogens with zero attached hydrogens (tertiary/aromatic N) is 2. The van der Waals surface area contributed by atoms with Crippen molar-refractivity contribution >= 4 is 40.8 Å². The van der Waals surface area contributed by atoms with Gasteiger partial charge in [0.05, 0.1) is 6.54 Å². The van der Waals surface area contributed by atoms with Crippen molar-refractivity contribution in [3.05, 3.63) is 76.8 Å². The van der Waals surface area contributed by atoms with Gasteiger partial charge in [-0.15, -0.1) is 0 Å². The first-order valence-corrected chi connectivity index (χ1v) is 11.7. The molecule has 0 aliphatic carbocycles. The van der Waals surface area contributed by atoms with Crippen molar-refractivity contribution < 1.29 is 19.1 Å². The number of methoxy groups -OCH3 is 2. The number of nitrogens with one attached hydrogen (secondary N) is 3.